The van der Waals surface area contributed by atoms with Gasteiger partial charge >= 0.3 is 0 Å². The highest BCUT2D eigenvalue weighted by Crippen LogP contribution is 2.26. The Kier molecular flexibility index (Phi) is 8.76. The molecule has 8 heteroatoms. The fourth-order valence-corrected chi connectivity index (χ4v) is 4.00. The van der Waals surface area contributed by atoms with Gasteiger partial charge in [0.2, 0.25) is 5.91 Å². The Labute approximate surface area is 194 Å². The number of rotatable bonds is 6. The molecule has 0 saturated carbocycles. The number of hydrogen-bond donors (Lipinski definition) is 3. The number of amides is 1. The molecule has 3 N–H and O–H groups in total. The minimum absolute atomic E-state index is 0. The summed E-state index contributed by atoms with van der Waals surface area (Å²) in [7, 11) is 1.79. The van der Waals surface area contributed by atoms with E-state index in [1.165, 1.54) is 10.4 Å². The molecule has 1 fully saturated rings. The standard InChI is InChI=1S/C21H29N5OS.HI/c1-21(2,18-5-4-12-28-18)15-25-20(22-3)24-13-16-6-8-17(9-7-16)26-11-10-23-19(27)14-26;/h4-9,12H,10-11,13-15H2,1-3H3,(H,23,27)(H2,22,24,25);1H. The van der Waals surface area contributed by atoms with Crippen molar-refractivity contribution in [2.45, 2.75) is 25.8 Å². The molecule has 1 aliphatic heterocycles. The van der Waals surface area contributed by atoms with E-state index in [0.29, 0.717) is 19.6 Å². The molecule has 2 heterocycles. The number of nitrogens with one attached hydrogen (secondary N) is 3. The predicted molar refractivity (Wildman–Crippen MR) is 133 cm³/mol. The largest absolute Gasteiger partial charge is 0.360 e. The first-order valence-corrected chi connectivity index (χ1v) is 10.4. The van der Waals surface area contributed by atoms with Crippen LogP contribution in [0.4, 0.5) is 5.69 Å². The smallest absolute Gasteiger partial charge is 0.239 e. The molecule has 1 aromatic carbocycles. The lowest BCUT2D eigenvalue weighted by molar-refractivity contribution is -0.120. The molecule has 1 saturated heterocycles. The van der Waals surface area contributed by atoms with E-state index in [0.717, 1.165) is 24.7 Å². The number of carbonyl (C=O) groups excluding carboxylic acids is 1. The molecule has 0 aliphatic carbocycles. The summed E-state index contributed by atoms with van der Waals surface area (Å²) in [5.41, 5.74) is 2.30. The van der Waals surface area contributed by atoms with E-state index < -0.39 is 0 Å². The van der Waals surface area contributed by atoms with Crippen LogP contribution in [0.5, 0.6) is 0 Å². The Balaban J connectivity index is 0.00000300. The molecule has 3 rings (SSSR count). The van der Waals surface area contributed by atoms with Crippen molar-refractivity contribution in [3.05, 3.63) is 52.2 Å². The molecule has 0 spiro atoms. The monoisotopic (exact) mass is 527 g/mol. The van der Waals surface area contributed by atoms with Gasteiger partial charge in [0.25, 0.3) is 0 Å². The first kappa shape index (κ1) is 23.5. The summed E-state index contributed by atoms with van der Waals surface area (Å²) in [6.07, 6.45) is 0. The second-order valence-corrected chi connectivity index (χ2v) is 8.53. The predicted octanol–water partition coefficient (Wildman–Crippen LogP) is 2.95. The second kappa shape index (κ2) is 10.8. The lowest BCUT2D eigenvalue weighted by atomic mass is 9.91. The molecule has 0 unspecified atom stereocenters. The van der Waals surface area contributed by atoms with E-state index in [9.17, 15) is 4.79 Å². The molecular weight excluding hydrogens is 497 g/mol. The maximum Gasteiger partial charge on any atom is 0.239 e. The summed E-state index contributed by atoms with van der Waals surface area (Å²) < 4.78 is 0. The molecule has 1 amide bonds. The molecule has 0 radical (unpaired) electrons. The number of aliphatic imine (C=N–C) groups is 1. The van der Waals surface area contributed by atoms with Crippen molar-refractivity contribution >= 4 is 52.9 Å². The highest BCUT2D eigenvalue weighted by molar-refractivity contribution is 14.0. The average molecular weight is 527 g/mol. The Bertz CT molecular complexity index is 805. The van der Waals surface area contributed by atoms with Crippen LogP contribution >= 0.6 is 35.3 Å². The number of hydrogen-bond acceptors (Lipinski definition) is 4. The lowest BCUT2D eigenvalue weighted by Gasteiger charge is -2.28. The van der Waals surface area contributed by atoms with Gasteiger partial charge in [-0.25, -0.2) is 0 Å². The molecule has 2 aromatic rings. The molecule has 1 aromatic heterocycles. The summed E-state index contributed by atoms with van der Waals surface area (Å²) in [5.74, 6) is 0.874. The quantitative estimate of drug-likeness (QED) is 0.307. The molecule has 29 heavy (non-hydrogen) atoms. The van der Waals surface area contributed by atoms with E-state index in [2.05, 4.69) is 81.5 Å². The van der Waals surface area contributed by atoms with E-state index in [1.807, 2.05) is 0 Å². The molecule has 0 atom stereocenters. The normalized spacial score (nSPS) is 14.8. The van der Waals surface area contributed by atoms with E-state index in [-0.39, 0.29) is 35.3 Å². The van der Waals surface area contributed by atoms with Crippen LogP contribution in [0, 0.1) is 0 Å². The number of carbonyl (C=O) groups is 1. The molecule has 1 aliphatic rings. The summed E-state index contributed by atoms with van der Waals surface area (Å²) >= 11 is 1.78. The van der Waals surface area contributed by atoms with Crippen molar-refractivity contribution < 1.29 is 4.79 Å². The van der Waals surface area contributed by atoms with Crippen LogP contribution in [0.25, 0.3) is 0 Å². The lowest BCUT2D eigenvalue weighted by Crippen LogP contribution is -2.47. The second-order valence-electron chi connectivity index (χ2n) is 7.58. The summed E-state index contributed by atoms with van der Waals surface area (Å²) in [6, 6.07) is 12.6. The highest BCUT2D eigenvalue weighted by Gasteiger charge is 2.22. The van der Waals surface area contributed by atoms with Gasteiger partial charge in [-0.1, -0.05) is 32.0 Å². The Morgan fingerprint density at radius 2 is 2.00 bits per heavy atom. The van der Waals surface area contributed by atoms with Gasteiger partial charge in [0.05, 0.1) is 6.54 Å². The van der Waals surface area contributed by atoms with Gasteiger partial charge in [-0.15, -0.1) is 35.3 Å². The molecule has 158 valence electrons. The zero-order valence-corrected chi connectivity index (χ0v) is 20.3. The zero-order valence-electron chi connectivity index (χ0n) is 17.2. The third kappa shape index (κ3) is 6.60. The van der Waals surface area contributed by atoms with Crippen molar-refractivity contribution in [1.29, 1.82) is 0 Å². The number of halogens is 1. The Morgan fingerprint density at radius 1 is 1.24 bits per heavy atom. The minimum atomic E-state index is 0. The van der Waals surface area contributed by atoms with Gasteiger partial charge in [0.15, 0.2) is 5.96 Å². The SMILES string of the molecule is CN=C(NCc1ccc(N2CCNC(=O)C2)cc1)NCC(C)(C)c1cccs1.I. The highest BCUT2D eigenvalue weighted by atomic mass is 127. The number of thiophene rings is 1. The van der Waals surface area contributed by atoms with Gasteiger partial charge in [-0.05, 0) is 29.1 Å². The van der Waals surface area contributed by atoms with Gasteiger partial charge in [0, 0.05) is 49.2 Å². The third-order valence-corrected chi connectivity index (χ3v) is 6.15. The van der Waals surface area contributed by atoms with Crippen molar-refractivity contribution in [3.8, 4) is 0 Å². The number of anilines is 1. The van der Waals surface area contributed by atoms with Crippen LogP contribution in [0.15, 0.2) is 46.8 Å². The fourth-order valence-electron chi connectivity index (χ4n) is 3.15. The Morgan fingerprint density at radius 3 is 2.62 bits per heavy atom. The number of piperazine rings is 1. The minimum Gasteiger partial charge on any atom is -0.360 e. The van der Waals surface area contributed by atoms with Crippen LogP contribution in [-0.4, -0.2) is 45.1 Å². The molecular formula is C21H30IN5OS. The van der Waals surface area contributed by atoms with Crippen LogP contribution in [-0.2, 0) is 16.8 Å². The van der Waals surface area contributed by atoms with Crippen LogP contribution in [0.3, 0.4) is 0 Å². The van der Waals surface area contributed by atoms with Gasteiger partial charge in [-0.2, -0.15) is 0 Å². The van der Waals surface area contributed by atoms with Crippen LogP contribution in [0.2, 0.25) is 0 Å². The maximum atomic E-state index is 11.5. The fraction of sp³-hybridized carbons (Fsp3) is 0.429. The van der Waals surface area contributed by atoms with Crippen molar-refractivity contribution in [2.75, 3.05) is 38.1 Å². The van der Waals surface area contributed by atoms with Gasteiger partial charge in [0.1, 0.15) is 0 Å². The number of guanidine groups is 1. The van der Waals surface area contributed by atoms with Crippen molar-refractivity contribution in [1.82, 2.24) is 16.0 Å². The van der Waals surface area contributed by atoms with Gasteiger partial charge < -0.3 is 20.9 Å². The number of benzene rings is 1. The first-order valence-electron chi connectivity index (χ1n) is 9.57. The summed E-state index contributed by atoms with van der Waals surface area (Å²) in [5, 5.41) is 11.8. The van der Waals surface area contributed by atoms with Gasteiger partial charge in [-0.3, -0.25) is 9.79 Å². The average Bonchev–Trinajstić information content (AvgIpc) is 3.24. The maximum absolute atomic E-state index is 11.5. The summed E-state index contributed by atoms with van der Waals surface area (Å²) in [4.78, 5) is 19.3. The van der Waals surface area contributed by atoms with E-state index in [1.54, 1.807) is 18.4 Å². The van der Waals surface area contributed by atoms with Crippen molar-refractivity contribution in [2.24, 2.45) is 4.99 Å². The third-order valence-electron chi connectivity index (χ3n) is 4.91. The van der Waals surface area contributed by atoms with E-state index >= 15 is 0 Å². The summed E-state index contributed by atoms with van der Waals surface area (Å²) in [6.45, 7) is 7.94. The van der Waals surface area contributed by atoms with Crippen molar-refractivity contribution in [3.63, 3.8) is 0 Å². The van der Waals surface area contributed by atoms with Crippen LogP contribution < -0.4 is 20.9 Å². The van der Waals surface area contributed by atoms with E-state index in [4.69, 9.17) is 0 Å². The Hall–Kier alpha value is -1.81. The molecule has 0 bridgehead atoms. The first-order chi connectivity index (χ1) is 13.5. The topological polar surface area (TPSA) is 68.8 Å². The number of nitrogens with zero attached hydrogens (tertiary/aromatic N) is 2. The van der Waals surface area contributed by atoms with Crippen LogP contribution in [0.1, 0.15) is 24.3 Å². The molecule has 6 nitrogen and oxygen atoms in total. The zero-order chi connectivity index (χ0) is 20.0.